The molecule has 22 heavy (non-hydrogen) atoms. The van der Waals surface area contributed by atoms with Crippen LogP contribution in [0.25, 0.3) is 10.2 Å². The summed E-state index contributed by atoms with van der Waals surface area (Å²) in [5.74, 6) is 0.121. The first-order valence-electron chi connectivity index (χ1n) is 8.04. The Morgan fingerprint density at radius 2 is 2.27 bits per heavy atom. The van der Waals surface area contributed by atoms with Crippen LogP contribution in [-0.2, 0) is 16.0 Å². The van der Waals surface area contributed by atoms with E-state index in [1.165, 1.54) is 11.1 Å². The van der Waals surface area contributed by atoms with Crippen LogP contribution in [0, 0.1) is 0 Å². The van der Waals surface area contributed by atoms with Gasteiger partial charge >= 0.3 is 0 Å². The molecule has 1 amide bonds. The number of hydrogen-bond donors (Lipinski definition) is 1. The third-order valence-electron chi connectivity index (χ3n) is 3.97. The lowest BCUT2D eigenvalue weighted by Crippen LogP contribution is -2.27. The van der Waals surface area contributed by atoms with Crippen molar-refractivity contribution in [3.8, 4) is 0 Å². The summed E-state index contributed by atoms with van der Waals surface area (Å²) in [6, 6.07) is 8.14. The molecule has 2 heterocycles. The van der Waals surface area contributed by atoms with Gasteiger partial charge in [-0.15, -0.1) is 11.3 Å². The molecule has 1 N–H and O–H groups in total. The zero-order chi connectivity index (χ0) is 15.2. The molecule has 0 bridgehead atoms. The Balaban J connectivity index is 1.37. The molecule has 1 atom stereocenters. The second kappa shape index (κ2) is 7.70. The summed E-state index contributed by atoms with van der Waals surface area (Å²) in [4.78, 5) is 16.4. The summed E-state index contributed by atoms with van der Waals surface area (Å²) in [7, 11) is 0. The molecule has 1 aliphatic rings. The number of fused-ring (bicyclic) bond motifs is 1. The Kier molecular flexibility index (Phi) is 5.40. The average molecular weight is 318 g/mol. The average Bonchev–Trinajstić information content (AvgIpc) is 2.96. The van der Waals surface area contributed by atoms with Gasteiger partial charge in [0.1, 0.15) is 0 Å². The number of nitrogens with zero attached hydrogens (tertiary/aromatic N) is 1. The van der Waals surface area contributed by atoms with Gasteiger partial charge in [0.25, 0.3) is 0 Å². The number of carbonyl (C=O) groups is 1. The lowest BCUT2D eigenvalue weighted by atomic mass is 10.0. The summed E-state index contributed by atoms with van der Waals surface area (Å²) in [6.07, 6.45) is 5.96. The second-order valence-electron chi connectivity index (χ2n) is 5.70. The van der Waals surface area contributed by atoms with Crippen LogP contribution in [-0.4, -0.2) is 30.1 Å². The van der Waals surface area contributed by atoms with Gasteiger partial charge in [-0.1, -0.05) is 12.1 Å². The van der Waals surface area contributed by atoms with Crippen LogP contribution in [0.1, 0.15) is 37.1 Å². The highest BCUT2D eigenvalue weighted by Gasteiger charge is 2.15. The second-order valence-corrected chi connectivity index (χ2v) is 6.82. The normalized spacial score (nSPS) is 18.5. The summed E-state index contributed by atoms with van der Waals surface area (Å²) in [5, 5.41) is 4.07. The minimum absolute atomic E-state index is 0.121. The van der Waals surface area contributed by atoms with E-state index in [4.69, 9.17) is 4.74 Å². The van der Waals surface area contributed by atoms with E-state index in [1.54, 1.807) is 11.3 Å². The number of para-hydroxylation sites is 1. The maximum Gasteiger partial charge on any atom is 0.220 e. The standard InChI is InChI=1S/C17H22N2O2S/c20-16(9-8-13-5-3-4-12-21-13)18-11-10-17-19-14-6-1-2-7-15(14)22-17/h1-2,6-7,13H,3-5,8-12H2,(H,18,20)/t13-/m0/s1. The SMILES string of the molecule is O=C(CC[C@@H]1CCCCO1)NCCc1nc2ccccc2s1. The molecular weight excluding hydrogens is 296 g/mol. The summed E-state index contributed by atoms with van der Waals surface area (Å²) >= 11 is 1.70. The lowest BCUT2D eigenvalue weighted by Gasteiger charge is -2.22. The van der Waals surface area contributed by atoms with Crippen molar-refractivity contribution in [3.05, 3.63) is 29.3 Å². The molecule has 1 aliphatic heterocycles. The highest BCUT2D eigenvalue weighted by molar-refractivity contribution is 7.18. The van der Waals surface area contributed by atoms with Gasteiger partial charge in [-0.3, -0.25) is 4.79 Å². The van der Waals surface area contributed by atoms with E-state index in [-0.39, 0.29) is 12.0 Å². The number of nitrogens with one attached hydrogen (secondary N) is 1. The quantitative estimate of drug-likeness (QED) is 0.889. The van der Waals surface area contributed by atoms with Gasteiger partial charge in [0.15, 0.2) is 0 Å². The molecule has 5 heteroatoms. The van der Waals surface area contributed by atoms with Crippen LogP contribution >= 0.6 is 11.3 Å². The van der Waals surface area contributed by atoms with Gasteiger partial charge in [0.05, 0.1) is 21.3 Å². The number of carbonyl (C=O) groups excluding carboxylic acids is 1. The van der Waals surface area contributed by atoms with E-state index in [1.807, 2.05) is 18.2 Å². The van der Waals surface area contributed by atoms with Crippen LogP contribution in [0.3, 0.4) is 0 Å². The maximum absolute atomic E-state index is 11.9. The lowest BCUT2D eigenvalue weighted by molar-refractivity contribution is -0.122. The smallest absolute Gasteiger partial charge is 0.220 e. The van der Waals surface area contributed by atoms with E-state index >= 15 is 0 Å². The van der Waals surface area contributed by atoms with Crippen LogP contribution in [0.15, 0.2) is 24.3 Å². The third kappa shape index (κ3) is 4.27. The first kappa shape index (κ1) is 15.4. The van der Waals surface area contributed by atoms with Crippen molar-refractivity contribution in [2.24, 2.45) is 0 Å². The number of thiazole rings is 1. The summed E-state index contributed by atoms with van der Waals surface area (Å²) in [6.45, 7) is 1.51. The monoisotopic (exact) mass is 318 g/mol. The molecule has 1 saturated heterocycles. The first-order valence-corrected chi connectivity index (χ1v) is 8.85. The van der Waals surface area contributed by atoms with E-state index in [9.17, 15) is 4.79 Å². The first-order chi connectivity index (χ1) is 10.8. The Morgan fingerprint density at radius 3 is 3.09 bits per heavy atom. The van der Waals surface area contributed by atoms with Gasteiger partial charge in [-0.05, 0) is 37.8 Å². The Morgan fingerprint density at radius 1 is 1.36 bits per heavy atom. The molecule has 0 unspecified atom stereocenters. The van der Waals surface area contributed by atoms with E-state index in [0.717, 1.165) is 42.8 Å². The van der Waals surface area contributed by atoms with E-state index < -0.39 is 0 Å². The van der Waals surface area contributed by atoms with Crippen molar-refractivity contribution in [3.63, 3.8) is 0 Å². The van der Waals surface area contributed by atoms with Crippen LogP contribution in [0.2, 0.25) is 0 Å². The van der Waals surface area contributed by atoms with Crippen LogP contribution < -0.4 is 5.32 Å². The molecule has 1 fully saturated rings. The van der Waals surface area contributed by atoms with Crippen molar-refractivity contribution in [2.75, 3.05) is 13.2 Å². The summed E-state index contributed by atoms with van der Waals surface area (Å²) < 4.78 is 6.85. The third-order valence-corrected chi connectivity index (χ3v) is 5.06. The van der Waals surface area contributed by atoms with Gasteiger partial charge in [0.2, 0.25) is 5.91 Å². The van der Waals surface area contributed by atoms with Gasteiger partial charge in [-0.25, -0.2) is 4.98 Å². The van der Waals surface area contributed by atoms with Crippen molar-refractivity contribution >= 4 is 27.5 Å². The molecule has 0 radical (unpaired) electrons. The number of hydrogen-bond acceptors (Lipinski definition) is 4. The highest BCUT2D eigenvalue weighted by Crippen LogP contribution is 2.21. The molecule has 0 aliphatic carbocycles. The van der Waals surface area contributed by atoms with Crippen molar-refractivity contribution in [1.82, 2.24) is 10.3 Å². The number of benzene rings is 1. The molecule has 118 valence electrons. The predicted octanol–water partition coefficient (Wildman–Crippen LogP) is 3.30. The van der Waals surface area contributed by atoms with E-state index in [0.29, 0.717) is 13.0 Å². The largest absolute Gasteiger partial charge is 0.378 e. The Hall–Kier alpha value is -1.46. The number of ether oxygens (including phenoxy) is 1. The van der Waals surface area contributed by atoms with Crippen LogP contribution in [0.5, 0.6) is 0 Å². The van der Waals surface area contributed by atoms with Gasteiger partial charge < -0.3 is 10.1 Å². The maximum atomic E-state index is 11.9. The molecule has 1 aromatic heterocycles. The van der Waals surface area contributed by atoms with Gasteiger partial charge in [0, 0.05) is 26.0 Å². The Bertz CT molecular complexity index is 587. The minimum atomic E-state index is 0.121. The zero-order valence-corrected chi connectivity index (χ0v) is 13.5. The highest BCUT2D eigenvalue weighted by atomic mass is 32.1. The minimum Gasteiger partial charge on any atom is -0.378 e. The van der Waals surface area contributed by atoms with Gasteiger partial charge in [-0.2, -0.15) is 0 Å². The van der Waals surface area contributed by atoms with Crippen molar-refractivity contribution in [1.29, 1.82) is 0 Å². The topological polar surface area (TPSA) is 51.2 Å². The number of amides is 1. The fourth-order valence-electron chi connectivity index (χ4n) is 2.75. The predicted molar refractivity (Wildman–Crippen MR) is 89.2 cm³/mol. The fraction of sp³-hybridized carbons (Fsp3) is 0.529. The molecule has 0 spiro atoms. The molecule has 1 aromatic carbocycles. The van der Waals surface area contributed by atoms with E-state index in [2.05, 4.69) is 16.4 Å². The number of aromatic nitrogens is 1. The molecular formula is C17H22N2O2S. The summed E-state index contributed by atoms with van der Waals surface area (Å²) in [5.41, 5.74) is 1.04. The molecule has 0 saturated carbocycles. The molecule has 3 rings (SSSR count). The molecule has 2 aromatic rings. The molecule has 4 nitrogen and oxygen atoms in total. The fourth-order valence-corrected chi connectivity index (χ4v) is 3.72. The van der Waals surface area contributed by atoms with Crippen molar-refractivity contribution in [2.45, 2.75) is 44.6 Å². The van der Waals surface area contributed by atoms with Crippen LogP contribution in [0.4, 0.5) is 0 Å². The zero-order valence-electron chi connectivity index (χ0n) is 12.7. The number of rotatable bonds is 6. The Labute approximate surface area is 134 Å². The van der Waals surface area contributed by atoms with Crippen molar-refractivity contribution < 1.29 is 9.53 Å².